The van der Waals surface area contributed by atoms with Gasteiger partial charge in [-0.3, -0.25) is 0 Å². The van der Waals surface area contributed by atoms with E-state index in [-0.39, 0.29) is 12.4 Å². The minimum absolute atomic E-state index is 0. The molecule has 2 aromatic rings. The van der Waals surface area contributed by atoms with Crippen LogP contribution in [0.1, 0.15) is 5.89 Å². The Kier molecular flexibility index (Phi) is 4.93. The minimum Gasteiger partial charge on any atom is -0.497 e. The quantitative estimate of drug-likeness (QED) is 0.900. The Morgan fingerprint density at radius 1 is 1.41 bits per heavy atom. The molecule has 1 aromatic heterocycles. The van der Waals surface area contributed by atoms with E-state index in [1.807, 2.05) is 24.3 Å². The summed E-state index contributed by atoms with van der Waals surface area (Å²) in [7, 11) is 1.62. The molecular formula is C11H14ClN3O2. The zero-order chi connectivity index (χ0) is 11.4. The first-order valence-electron chi connectivity index (χ1n) is 5.00. The van der Waals surface area contributed by atoms with E-state index in [0.29, 0.717) is 24.7 Å². The smallest absolute Gasteiger partial charge is 0.228 e. The summed E-state index contributed by atoms with van der Waals surface area (Å²) in [6, 6.07) is 7.51. The molecule has 1 heterocycles. The second-order valence-electron chi connectivity index (χ2n) is 3.28. The molecule has 0 saturated carbocycles. The monoisotopic (exact) mass is 255 g/mol. The second-order valence-corrected chi connectivity index (χ2v) is 3.28. The summed E-state index contributed by atoms with van der Waals surface area (Å²) in [6.07, 6.45) is 0.594. The molecular weight excluding hydrogens is 242 g/mol. The number of hydrogen-bond donors (Lipinski definition) is 1. The molecule has 0 saturated heterocycles. The minimum atomic E-state index is 0. The van der Waals surface area contributed by atoms with Crippen molar-refractivity contribution < 1.29 is 9.26 Å². The highest BCUT2D eigenvalue weighted by atomic mass is 35.5. The van der Waals surface area contributed by atoms with Gasteiger partial charge in [-0.1, -0.05) is 17.3 Å². The molecule has 2 N–H and O–H groups in total. The van der Waals surface area contributed by atoms with Gasteiger partial charge in [0.25, 0.3) is 0 Å². The first kappa shape index (κ1) is 13.5. The predicted molar refractivity (Wildman–Crippen MR) is 66.3 cm³/mol. The molecule has 5 nitrogen and oxygen atoms in total. The first-order chi connectivity index (χ1) is 7.83. The van der Waals surface area contributed by atoms with E-state index in [1.165, 1.54) is 0 Å². The fraction of sp³-hybridized carbons (Fsp3) is 0.273. The summed E-state index contributed by atoms with van der Waals surface area (Å²) < 4.78 is 10.2. The van der Waals surface area contributed by atoms with Crippen LogP contribution in [0.2, 0.25) is 0 Å². The zero-order valence-corrected chi connectivity index (χ0v) is 10.2. The highest BCUT2D eigenvalue weighted by Gasteiger charge is 2.08. The van der Waals surface area contributed by atoms with Gasteiger partial charge in [0, 0.05) is 18.5 Å². The average molecular weight is 256 g/mol. The van der Waals surface area contributed by atoms with Crippen molar-refractivity contribution in [2.75, 3.05) is 13.7 Å². The van der Waals surface area contributed by atoms with Gasteiger partial charge in [-0.05, 0) is 12.1 Å². The summed E-state index contributed by atoms with van der Waals surface area (Å²) >= 11 is 0. The van der Waals surface area contributed by atoms with Crippen LogP contribution in [0.15, 0.2) is 28.8 Å². The van der Waals surface area contributed by atoms with E-state index in [1.54, 1.807) is 7.11 Å². The predicted octanol–water partition coefficient (Wildman–Crippen LogP) is 1.67. The lowest BCUT2D eigenvalue weighted by atomic mass is 10.2. The topological polar surface area (TPSA) is 74.2 Å². The Morgan fingerprint density at radius 2 is 2.24 bits per heavy atom. The number of rotatable bonds is 4. The Labute approximate surface area is 105 Å². The van der Waals surface area contributed by atoms with E-state index in [2.05, 4.69) is 10.1 Å². The van der Waals surface area contributed by atoms with Crippen molar-refractivity contribution in [1.29, 1.82) is 0 Å². The molecule has 92 valence electrons. The Bertz CT molecular complexity index is 473. The molecule has 0 spiro atoms. The molecule has 0 unspecified atom stereocenters. The molecule has 6 heteroatoms. The van der Waals surface area contributed by atoms with Gasteiger partial charge in [-0.15, -0.1) is 12.4 Å². The molecule has 2 rings (SSSR count). The molecule has 17 heavy (non-hydrogen) atoms. The maximum absolute atomic E-state index is 5.41. The summed E-state index contributed by atoms with van der Waals surface area (Å²) in [5.74, 6) is 1.88. The van der Waals surface area contributed by atoms with Crippen molar-refractivity contribution in [2.24, 2.45) is 5.73 Å². The van der Waals surface area contributed by atoms with Crippen LogP contribution in [0.5, 0.6) is 5.75 Å². The summed E-state index contributed by atoms with van der Waals surface area (Å²) in [4.78, 5) is 4.23. The maximum atomic E-state index is 5.41. The Morgan fingerprint density at radius 3 is 2.94 bits per heavy atom. The van der Waals surface area contributed by atoms with Crippen LogP contribution in [0.25, 0.3) is 11.4 Å². The van der Waals surface area contributed by atoms with Gasteiger partial charge in [-0.2, -0.15) is 4.98 Å². The van der Waals surface area contributed by atoms with Crippen LogP contribution >= 0.6 is 12.4 Å². The van der Waals surface area contributed by atoms with Gasteiger partial charge in [-0.25, -0.2) is 0 Å². The van der Waals surface area contributed by atoms with Crippen molar-refractivity contribution in [3.63, 3.8) is 0 Å². The number of ether oxygens (including phenoxy) is 1. The van der Waals surface area contributed by atoms with Crippen LogP contribution in [0.3, 0.4) is 0 Å². The summed E-state index contributed by atoms with van der Waals surface area (Å²) in [5, 5.41) is 3.88. The van der Waals surface area contributed by atoms with Crippen LogP contribution < -0.4 is 10.5 Å². The SMILES string of the molecule is COc1cccc(-c2noc(CCN)n2)c1.Cl. The van der Waals surface area contributed by atoms with Crippen LogP contribution in [0.4, 0.5) is 0 Å². The third-order valence-electron chi connectivity index (χ3n) is 2.15. The Balaban J connectivity index is 0.00000144. The number of halogens is 1. The molecule has 0 radical (unpaired) electrons. The average Bonchev–Trinajstić information content (AvgIpc) is 2.78. The van der Waals surface area contributed by atoms with Crippen LogP contribution in [0, 0.1) is 0 Å². The third kappa shape index (κ3) is 3.18. The lowest BCUT2D eigenvalue weighted by molar-refractivity contribution is 0.380. The summed E-state index contributed by atoms with van der Waals surface area (Å²) in [5.41, 5.74) is 6.27. The van der Waals surface area contributed by atoms with Crippen molar-refractivity contribution in [1.82, 2.24) is 10.1 Å². The number of nitrogens with two attached hydrogens (primary N) is 1. The van der Waals surface area contributed by atoms with E-state index in [9.17, 15) is 0 Å². The lowest BCUT2D eigenvalue weighted by Crippen LogP contribution is -2.02. The molecule has 0 aliphatic heterocycles. The van der Waals surface area contributed by atoms with Crippen LogP contribution in [-0.4, -0.2) is 23.8 Å². The van der Waals surface area contributed by atoms with Gasteiger partial charge in [0.05, 0.1) is 7.11 Å². The normalized spacial score (nSPS) is 9.76. The largest absolute Gasteiger partial charge is 0.497 e. The van der Waals surface area contributed by atoms with E-state index < -0.39 is 0 Å². The van der Waals surface area contributed by atoms with E-state index in [4.69, 9.17) is 15.0 Å². The fourth-order valence-corrected chi connectivity index (χ4v) is 1.36. The van der Waals surface area contributed by atoms with Crippen molar-refractivity contribution in [3.05, 3.63) is 30.2 Å². The van der Waals surface area contributed by atoms with Crippen molar-refractivity contribution in [2.45, 2.75) is 6.42 Å². The number of nitrogens with zero attached hydrogens (tertiary/aromatic N) is 2. The van der Waals surface area contributed by atoms with Crippen molar-refractivity contribution in [3.8, 4) is 17.1 Å². The number of aromatic nitrogens is 2. The number of benzene rings is 1. The zero-order valence-electron chi connectivity index (χ0n) is 9.42. The first-order valence-corrected chi connectivity index (χ1v) is 5.00. The number of methoxy groups -OCH3 is 1. The molecule has 0 bridgehead atoms. The maximum Gasteiger partial charge on any atom is 0.228 e. The van der Waals surface area contributed by atoms with Gasteiger partial charge in [0.2, 0.25) is 11.7 Å². The number of hydrogen-bond acceptors (Lipinski definition) is 5. The molecule has 0 aliphatic carbocycles. The second kappa shape index (κ2) is 6.22. The van der Waals surface area contributed by atoms with Crippen molar-refractivity contribution >= 4 is 12.4 Å². The third-order valence-corrected chi connectivity index (χ3v) is 2.15. The van der Waals surface area contributed by atoms with E-state index in [0.717, 1.165) is 11.3 Å². The molecule has 0 atom stereocenters. The van der Waals surface area contributed by atoms with Gasteiger partial charge in [0.1, 0.15) is 5.75 Å². The summed E-state index contributed by atoms with van der Waals surface area (Å²) in [6.45, 7) is 0.500. The highest BCUT2D eigenvalue weighted by molar-refractivity contribution is 5.85. The van der Waals surface area contributed by atoms with Crippen LogP contribution in [-0.2, 0) is 6.42 Å². The molecule has 0 fully saturated rings. The van der Waals surface area contributed by atoms with Gasteiger partial charge < -0.3 is 15.0 Å². The van der Waals surface area contributed by atoms with Gasteiger partial charge >= 0.3 is 0 Å². The van der Waals surface area contributed by atoms with E-state index >= 15 is 0 Å². The fourth-order valence-electron chi connectivity index (χ4n) is 1.36. The molecule has 0 aliphatic rings. The molecule has 0 amide bonds. The molecule has 1 aromatic carbocycles. The lowest BCUT2D eigenvalue weighted by Gasteiger charge is -1.99. The highest BCUT2D eigenvalue weighted by Crippen LogP contribution is 2.21. The van der Waals surface area contributed by atoms with Gasteiger partial charge in [0.15, 0.2) is 0 Å². The Hall–Kier alpha value is -1.59. The standard InChI is InChI=1S/C11H13N3O2.ClH/c1-15-9-4-2-3-8(7-9)11-13-10(5-6-12)16-14-11;/h2-4,7H,5-6,12H2,1H3;1H.